The number of fused-ring (bicyclic) bond motifs is 13. The number of hydrogen-bond donors (Lipinski definition) is 0. The molecule has 0 unspecified atom stereocenters. The first-order valence-electron chi connectivity index (χ1n) is 23.2. The molecular weight excluding hydrogens is 821 g/mol. The summed E-state index contributed by atoms with van der Waals surface area (Å²) in [6, 6.07) is 64.3. The van der Waals surface area contributed by atoms with Gasteiger partial charge in [-0.1, -0.05) is 168 Å². The van der Waals surface area contributed by atoms with Crippen molar-refractivity contribution in [2.24, 2.45) is 0 Å². The molecule has 0 spiro atoms. The molecule has 67 heavy (non-hydrogen) atoms. The Morgan fingerprint density at radius 3 is 1.58 bits per heavy atom. The molecule has 0 aliphatic heterocycles. The molecule has 4 heterocycles. The number of hydrogen-bond acceptors (Lipinski definition) is 5. The predicted octanol–water partition coefficient (Wildman–Crippen LogP) is 16.6. The van der Waals surface area contributed by atoms with Gasteiger partial charge in [-0.3, -0.25) is 4.57 Å². The van der Waals surface area contributed by atoms with Crippen LogP contribution in [0.3, 0.4) is 0 Å². The number of aromatic nitrogens is 4. The Kier molecular flexibility index (Phi) is 8.65. The Balaban J connectivity index is 0.00000145. The number of benzene rings is 9. The smallest absolute Gasteiger partial charge is 0.238 e. The van der Waals surface area contributed by atoms with E-state index in [-0.39, 0.29) is 5.41 Å². The molecule has 320 valence electrons. The van der Waals surface area contributed by atoms with Crippen LogP contribution in [0.5, 0.6) is 0 Å². The average Bonchev–Trinajstić information content (AvgIpc) is 4.09. The molecule has 6 nitrogen and oxygen atoms in total. The zero-order valence-corrected chi connectivity index (χ0v) is 37.6. The lowest BCUT2D eigenvalue weighted by Gasteiger charge is -2.25. The lowest BCUT2D eigenvalue weighted by atomic mass is 9.78. The van der Waals surface area contributed by atoms with Gasteiger partial charge >= 0.3 is 0 Å². The number of para-hydroxylation sites is 3. The molecule has 0 saturated carbocycles. The molecule has 13 aromatic rings. The Morgan fingerprint density at radius 2 is 0.925 bits per heavy atom. The van der Waals surface area contributed by atoms with Crippen molar-refractivity contribution >= 4 is 76.5 Å². The normalized spacial score (nSPS) is 13.0. The van der Waals surface area contributed by atoms with E-state index in [1.807, 2.05) is 36.4 Å². The number of furan rings is 2. The van der Waals surface area contributed by atoms with Crippen LogP contribution >= 0.6 is 0 Å². The lowest BCUT2D eigenvalue weighted by molar-refractivity contribution is 0.662. The van der Waals surface area contributed by atoms with E-state index >= 15 is 0 Å². The second-order valence-corrected chi connectivity index (χ2v) is 18.3. The van der Waals surface area contributed by atoms with Crippen LogP contribution in [0.25, 0.3) is 127 Å². The third-order valence-corrected chi connectivity index (χ3v) is 13.6. The summed E-state index contributed by atoms with van der Waals surface area (Å²) >= 11 is 0. The minimum atomic E-state index is -0.228. The SMILES string of the molecule is CC1(C)c2ccccc2-c2cccc(-c3cccc4c5cc6ccccc6cc5n(-c5nc(-c6ccc7c(c6)oc6ccccc67)nc(-c6ccc7c(c6)oc6ccccc67)n5)c34)c21.CCC. The Morgan fingerprint density at radius 1 is 0.433 bits per heavy atom. The molecule has 9 aromatic carbocycles. The first kappa shape index (κ1) is 39.1. The van der Waals surface area contributed by atoms with E-state index in [0.717, 1.165) is 87.8 Å². The number of nitrogens with zero attached hydrogens (tertiary/aromatic N) is 4. The molecule has 0 amide bonds. The minimum absolute atomic E-state index is 0.228. The van der Waals surface area contributed by atoms with Crippen molar-refractivity contribution in [1.29, 1.82) is 0 Å². The lowest BCUT2D eigenvalue weighted by Crippen LogP contribution is -2.16. The minimum Gasteiger partial charge on any atom is -0.456 e. The molecular formula is C61H44N4O2. The Bertz CT molecular complexity index is 4020. The second kappa shape index (κ2) is 14.8. The van der Waals surface area contributed by atoms with Crippen molar-refractivity contribution in [1.82, 2.24) is 19.5 Å². The average molecular weight is 865 g/mol. The molecule has 14 rings (SSSR count). The van der Waals surface area contributed by atoms with Crippen molar-refractivity contribution in [2.45, 2.75) is 39.5 Å². The van der Waals surface area contributed by atoms with Crippen molar-refractivity contribution in [3.8, 4) is 51.0 Å². The van der Waals surface area contributed by atoms with Gasteiger partial charge < -0.3 is 8.83 Å². The highest BCUT2D eigenvalue weighted by Crippen LogP contribution is 2.53. The van der Waals surface area contributed by atoms with Gasteiger partial charge in [-0.15, -0.1) is 0 Å². The molecule has 0 atom stereocenters. The van der Waals surface area contributed by atoms with Crippen LogP contribution in [-0.2, 0) is 5.41 Å². The van der Waals surface area contributed by atoms with Crippen LogP contribution in [0.2, 0.25) is 0 Å². The molecule has 0 N–H and O–H groups in total. The summed E-state index contributed by atoms with van der Waals surface area (Å²) in [5, 5.41) is 8.80. The molecule has 6 heteroatoms. The molecule has 0 bridgehead atoms. The topological polar surface area (TPSA) is 69.9 Å². The second-order valence-electron chi connectivity index (χ2n) is 18.3. The van der Waals surface area contributed by atoms with Crippen molar-refractivity contribution < 1.29 is 8.83 Å². The molecule has 0 saturated heterocycles. The van der Waals surface area contributed by atoms with E-state index in [2.05, 4.69) is 178 Å². The summed E-state index contributed by atoms with van der Waals surface area (Å²) in [5.74, 6) is 1.60. The zero-order chi connectivity index (χ0) is 45.0. The summed E-state index contributed by atoms with van der Waals surface area (Å²) in [6.45, 7) is 8.96. The fourth-order valence-electron chi connectivity index (χ4n) is 10.7. The van der Waals surface area contributed by atoms with Gasteiger partial charge in [0.2, 0.25) is 5.95 Å². The van der Waals surface area contributed by atoms with Crippen LogP contribution < -0.4 is 0 Å². The van der Waals surface area contributed by atoms with E-state index in [0.29, 0.717) is 17.6 Å². The highest BCUT2D eigenvalue weighted by molar-refractivity contribution is 6.17. The summed E-state index contributed by atoms with van der Waals surface area (Å²) < 4.78 is 15.1. The highest BCUT2D eigenvalue weighted by Gasteiger charge is 2.38. The third-order valence-electron chi connectivity index (χ3n) is 13.6. The molecule has 1 aliphatic rings. The van der Waals surface area contributed by atoms with Gasteiger partial charge in [-0.2, -0.15) is 9.97 Å². The quantitative estimate of drug-likeness (QED) is 0.176. The van der Waals surface area contributed by atoms with Gasteiger partial charge in [-0.25, -0.2) is 4.98 Å². The summed E-state index contributed by atoms with van der Waals surface area (Å²) in [7, 11) is 0. The fourth-order valence-corrected chi connectivity index (χ4v) is 10.7. The Labute approximate surface area is 386 Å². The third kappa shape index (κ3) is 5.92. The van der Waals surface area contributed by atoms with E-state index in [9.17, 15) is 0 Å². The van der Waals surface area contributed by atoms with E-state index in [4.69, 9.17) is 23.8 Å². The predicted molar refractivity (Wildman–Crippen MR) is 276 cm³/mol. The van der Waals surface area contributed by atoms with Gasteiger partial charge in [0.1, 0.15) is 22.3 Å². The van der Waals surface area contributed by atoms with Crippen LogP contribution in [0, 0.1) is 0 Å². The van der Waals surface area contributed by atoms with Crippen LogP contribution in [-0.4, -0.2) is 19.5 Å². The highest BCUT2D eigenvalue weighted by atomic mass is 16.3. The number of rotatable bonds is 4. The van der Waals surface area contributed by atoms with E-state index in [1.54, 1.807) is 0 Å². The van der Waals surface area contributed by atoms with E-state index in [1.165, 1.54) is 39.6 Å². The summed E-state index contributed by atoms with van der Waals surface area (Å²) in [4.78, 5) is 16.2. The zero-order valence-electron chi connectivity index (χ0n) is 37.6. The first-order chi connectivity index (χ1) is 32.9. The van der Waals surface area contributed by atoms with Crippen molar-refractivity contribution in [3.05, 3.63) is 193 Å². The molecule has 4 aromatic heterocycles. The van der Waals surface area contributed by atoms with Crippen LogP contribution in [0.15, 0.2) is 191 Å². The van der Waals surface area contributed by atoms with Crippen molar-refractivity contribution in [2.75, 3.05) is 0 Å². The van der Waals surface area contributed by atoms with Crippen LogP contribution in [0.1, 0.15) is 45.2 Å². The molecule has 0 radical (unpaired) electrons. The van der Waals surface area contributed by atoms with Gasteiger partial charge in [0.05, 0.1) is 11.0 Å². The van der Waals surface area contributed by atoms with Gasteiger partial charge in [0.25, 0.3) is 0 Å². The first-order valence-corrected chi connectivity index (χ1v) is 23.2. The molecule has 0 fully saturated rings. The van der Waals surface area contributed by atoms with Gasteiger partial charge in [-0.05, 0) is 87.1 Å². The Hall–Kier alpha value is -8.35. The largest absolute Gasteiger partial charge is 0.456 e. The molecule has 1 aliphatic carbocycles. The fraction of sp³-hybridized carbons (Fsp3) is 0.0984. The summed E-state index contributed by atoms with van der Waals surface area (Å²) in [6.07, 6.45) is 1.25. The maximum absolute atomic E-state index is 6.42. The maximum Gasteiger partial charge on any atom is 0.238 e. The monoisotopic (exact) mass is 864 g/mol. The van der Waals surface area contributed by atoms with Crippen molar-refractivity contribution in [3.63, 3.8) is 0 Å². The summed E-state index contributed by atoms with van der Waals surface area (Å²) in [5.41, 5.74) is 14.2. The van der Waals surface area contributed by atoms with Gasteiger partial charge in [0.15, 0.2) is 11.6 Å². The van der Waals surface area contributed by atoms with Crippen LogP contribution in [0.4, 0.5) is 0 Å². The van der Waals surface area contributed by atoms with Gasteiger partial charge in [0, 0.05) is 54.4 Å². The standard InChI is InChI=1S/C58H36N4O2.C3H8/c1-58(2)47-22-8-5-15-37(47)42-18-11-19-43(53(42)58)44-20-12-21-45-46-29-33-13-3-4-14-34(33)30-48(46)62(54(44)45)57-60-55(35-25-27-40-38-16-6-9-23-49(38)63-51(40)31-35)59-56(61-57)36-26-28-41-39-17-7-10-24-50(39)64-52(41)32-36;1-3-2/h3-32H,1-2H3;3H2,1-2H3. The van der Waals surface area contributed by atoms with E-state index < -0.39 is 0 Å². The maximum atomic E-state index is 6.42.